The van der Waals surface area contributed by atoms with Crippen molar-refractivity contribution in [1.29, 1.82) is 0 Å². The van der Waals surface area contributed by atoms with Gasteiger partial charge in [-0.2, -0.15) is 0 Å². The van der Waals surface area contributed by atoms with E-state index in [9.17, 15) is 13.2 Å². The van der Waals surface area contributed by atoms with Gasteiger partial charge >= 0.3 is 0 Å². The van der Waals surface area contributed by atoms with Gasteiger partial charge in [-0.1, -0.05) is 6.92 Å². The summed E-state index contributed by atoms with van der Waals surface area (Å²) >= 11 is 0. The Bertz CT molecular complexity index is 658. The molecule has 0 spiro atoms. The topological polar surface area (TPSA) is 111 Å². The number of sulfonamides is 1. The van der Waals surface area contributed by atoms with Crippen molar-refractivity contribution in [2.45, 2.75) is 31.1 Å². The summed E-state index contributed by atoms with van der Waals surface area (Å²) in [6.07, 6.45) is 1.89. The SMILES string of the molecule is CCCNS(=O)(=O)c1ccc(NC(=O)C2(CN)CCOCC2)cc1.Cl. The summed E-state index contributed by atoms with van der Waals surface area (Å²) in [6.45, 7) is 3.58. The fourth-order valence-electron chi connectivity index (χ4n) is 2.59. The van der Waals surface area contributed by atoms with E-state index < -0.39 is 15.4 Å². The largest absolute Gasteiger partial charge is 0.381 e. The Hall–Kier alpha value is -1.19. The number of anilines is 1. The standard InChI is InChI=1S/C16H25N3O4S.ClH/c1-2-9-18-24(21,22)14-5-3-13(4-6-14)19-15(20)16(12-17)7-10-23-11-8-16;/h3-6,18H,2,7-12,17H2,1H3,(H,19,20);1H. The molecule has 25 heavy (non-hydrogen) atoms. The fourth-order valence-corrected chi connectivity index (χ4v) is 3.72. The Kier molecular flexibility index (Phi) is 8.30. The number of amides is 1. The van der Waals surface area contributed by atoms with Crippen LogP contribution in [-0.2, 0) is 19.6 Å². The molecule has 142 valence electrons. The number of nitrogens with two attached hydrogens (primary N) is 1. The van der Waals surface area contributed by atoms with E-state index in [0.29, 0.717) is 38.3 Å². The normalized spacial score (nSPS) is 16.7. The molecule has 0 bridgehead atoms. The number of rotatable bonds is 7. The lowest BCUT2D eigenvalue weighted by Crippen LogP contribution is -2.46. The molecular formula is C16H26ClN3O4S. The lowest BCUT2D eigenvalue weighted by atomic mass is 9.79. The highest BCUT2D eigenvalue weighted by molar-refractivity contribution is 7.89. The molecule has 0 radical (unpaired) electrons. The maximum absolute atomic E-state index is 12.6. The molecule has 0 saturated carbocycles. The molecule has 1 aliphatic rings. The minimum Gasteiger partial charge on any atom is -0.381 e. The number of ether oxygens (including phenoxy) is 1. The number of hydrogen-bond acceptors (Lipinski definition) is 5. The predicted molar refractivity (Wildman–Crippen MR) is 99.3 cm³/mol. The lowest BCUT2D eigenvalue weighted by Gasteiger charge is -2.34. The molecule has 2 rings (SSSR count). The van der Waals surface area contributed by atoms with Gasteiger partial charge in [0.15, 0.2) is 0 Å². The van der Waals surface area contributed by atoms with Crippen LogP contribution < -0.4 is 15.8 Å². The Balaban J connectivity index is 0.00000312. The summed E-state index contributed by atoms with van der Waals surface area (Å²) in [5.41, 5.74) is 5.75. The Morgan fingerprint density at radius 1 is 1.24 bits per heavy atom. The van der Waals surface area contributed by atoms with Gasteiger partial charge in [-0.25, -0.2) is 13.1 Å². The highest BCUT2D eigenvalue weighted by atomic mass is 35.5. The van der Waals surface area contributed by atoms with Crippen molar-refractivity contribution in [3.8, 4) is 0 Å². The predicted octanol–water partition coefficient (Wildman–Crippen LogP) is 1.49. The fraction of sp³-hybridized carbons (Fsp3) is 0.562. The highest BCUT2D eigenvalue weighted by Crippen LogP contribution is 2.31. The van der Waals surface area contributed by atoms with Crippen LogP contribution in [0.1, 0.15) is 26.2 Å². The Morgan fingerprint density at radius 3 is 2.36 bits per heavy atom. The van der Waals surface area contributed by atoms with E-state index in [1.165, 1.54) is 12.1 Å². The van der Waals surface area contributed by atoms with Crippen LogP contribution in [0.3, 0.4) is 0 Å². The summed E-state index contributed by atoms with van der Waals surface area (Å²) in [5, 5.41) is 2.84. The van der Waals surface area contributed by atoms with Crippen molar-refractivity contribution in [2.75, 3.05) is 31.6 Å². The molecule has 7 nitrogen and oxygen atoms in total. The zero-order chi connectivity index (χ0) is 17.6. The Morgan fingerprint density at radius 2 is 1.84 bits per heavy atom. The summed E-state index contributed by atoms with van der Waals surface area (Å²) in [6, 6.07) is 6.13. The van der Waals surface area contributed by atoms with Gasteiger partial charge in [0.2, 0.25) is 15.9 Å². The molecule has 1 fully saturated rings. The van der Waals surface area contributed by atoms with Crippen LogP contribution in [-0.4, -0.2) is 40.6 Å². The van der Waals surface area contributed by atoms with Crippen LogP contribution in [0.4, 0.5) is 5.69 Å². The van der Waals surface area contributed by atoms with Gasteiger partial charge in [-0.05, 0) is 43.5 Å². The van der Waals surface area contributed by atoms with Gasteiger partial charge < -0.3 is 15.8 Å². The quantitative estimate of drug-likeness (QED) is 0.652. The molecule has 0 atom stereocenters. The second-order valence-corrected chi connectivity index (χ2v) is 7.74. The first-order valence-electron chi connectivity index (χ1n) is 8.12. The van der Waals surface area contributed by atoms with E-state index in [2.05, 4.69) is 10.0 Å². The molecule has 1 amide bonds. The van der Waals surface area contributed by atoms with E-state index in [-0.39, 0.29) is 29.8 Å². The van der Waals surface area contributed by atoms with Crippen molar-refractivity contribution in [3.63, 3.8) is 0 Å². The molecule has 1 aliphatic heterocycles. The van der Waals surface area contributed by atoms with Gasteiger partial charge in [0.05, 0.1) is 10.3 Å². The number of carbonyl (C=O) groups excluding carboxylic acids is 1. The van der Waals surface area contributed by atoms with Crippen molar-refractivity contribution in [3.05, 3.63) is 24.3 Å². The van der Waals surface area contributed by atoms with Gasteiger partial charge in [0.1, 0.15) is 0 Å². The van der Waals surface area contributed by atoms with Crippen LogP contribution in [0.25, 0.3) is 0 Å². The number of nitrogens with one attached hydrogen (secondary N) is 2. The first-order chi connectivity index (χ1) is 11.4. The zero-order valence-corrected chi connectivity index (χ0v) is 15.9. The maximum atomic E-state index is 12.6. The third-order valence-electron chi connectivity index (χ3n) is 4.29. The summed E-state index contributed by atoms with van der Waals surface area (Å²) in [4.78, 5) is 12.7. The van der Waals surface area contributed by atoms with E-state index in [1.807, 2.05) is 6.92 Å². The smallest absolute Gasteiger partial charge is 0.240 e. The molecule has 0 aromatic heterocycles. The molecule has 9 heteroatoms. The first-order valence-corrected chi connectivity index (χ1v) is 9.61. The molecule has 0 aliphatic carbocycles. The zero-order valence-electron chi connectivity index (χ0n) is 14.3. The second-order valence-electron chi connectivity index (χ2n) is 5.97. The monoisotopic (exact) mass is 391 g/mol. The number of hydrogen-bond donors (Lipinski definition) is 3. The van der Waals surface area contributed by atoms with Gasteiger partial charge in [-0.15, -0.1) is 12.4 Å². The summed E-state index contributed by atoms with van der Waals surface area (Å²) in [5.74, 6) is -0.145. The molecule has 1 aromatic carbocycles. The van der Waals surface area contributed by atoms with E-state index in [4.69, 9.17) is 10.5 Å². The number of carbonyl (C=O) groups is 1. The van der Waals surface area contributed by atoms with Crippen molar-refractivity contribution in [2.24, 2.45) is 11.1 Å². The van der Waals surface area contributed by atoms with Crippen molar-refractivity contribution in [1.82, 2.24) is 4.72 Å². The van der Waals surface area contributed by atoms with Crippen molar-refractivity contribution >= 4 is 34.0 Å². The van der Waals surface area contributed by atoms with E-state index in [1.54, 1.807) is 12.1 Å². The first kappa shape index (κ1) is 21.9. The number of benzene rings is 1. The molecule has 0 unspecified atom stereocenters. The number of halogens is 1. The summed E-state index contributed by atoms with van der Waals surface area (Å²) < 4.78 is 31.9. The molecule has 4 N–H and O–H groups in total. The van der Waals surface area contributed by atoms with Gasteiger partial charge in [0.25, 0.3) is 0 Å². The van der Waals surface area contributed by atoms with Crippen molar-refractivity contribution < 1.29 is 17.9 Å². The Labute approximate surface area is 155 Å². The van der Waals surface area contributed by atoms with E-state index >= 15 is 0 Å². The van der Waals surface area contributed by atoms with Crippen LogP contribution in [0.15, 0.2) is 29.2 Å². The molecular weight excluding hydrogens is 366 g/mol. The van der Waals surface area contributed by atoms with Crippen LogP contribution >= 0.6 is 12.4 Å². The van der Waals surface area contributed by atoms with Crippen LogP contribution in [0.2, 0.25) is 0 Å². The minimum atomic E-state index is -3.50. The van der Waals surface area contributed by atoms with Gasteiger partial charge in [0, 0.05) is 32.0 Å². The highest BCUT2D eigenvalue weighted by Gasteiger charge is 2.38. The molecule has 1 aromatic rings. The van der Waals surface area contributed by atoms with Gasteiger partial charge in [-0.3, -0.25) is 4.79 Å². The third-order valence-corrected chi connectivity index (χ3v) is 5.76. The minimum absolute atomic E-state index is 0. The average molecular weight is 392 g/mol. The summed E-state index contributed by atoms with van der Waals surface area (Å²) in [7, 11) is -3.50. The van der Waals surface area contributed by atoms with E-state index in [0.717, 1.165) is 6.42 Å². The average Bonchev–Trinajstić information content (AvgIpc) is 2.61. The van der Waals surface area contributed by atoms with Crippen LogP contribution in [0, 0.1) is 5.41 Å². The second kappa shape index (κ2) is 9.49. The van der Waals surface area contributed by atoms with Crippen LogP contribution in [0.5, 0.6) is 0 Å². The lowest BCUT2D eigenvalue weighted by molar-refractivity contribution is -0.130. The third kappa shape index (κ3) is 5.39. The maximum Gasteiger partial charge on any atom is 0.240 e. The molecule has 1 saturated heterocycles. The molecule has 1 heterocycles.